The molecule has 0 bridgehead atoms. The van der Waals surface area contributed by atoms with Gasteiger partial charge in [-0.3, -0.25) is 4.90 Å². The third-order valence-corrected chi connectivity index (χ3v) is 4.04. The average Bonchev–Trinajstić information content (AvgIpc) is 2.73. The van der Waals surface area contributed by atoms with Crippen LogP contribution in [0.15, 0.2) is 5.38 Å². The van der Waals surface area contributed by atoms with Crippen LogP contribution >= 0.6 is 22.9 Å². The van der Waals surface area contributed by atoms with Crippen LogP contribution in [-0.2, 0) is 5.88 Å². The smallest absolute Gasteiger partial charge is 0.110 e. The van der Waals surface area contributed by atoms with Gasteiger partial charge in [0.05, 0.1) is 17.6 Å². The summed E-state index contributed by atoms with van der Waals surface area (Å²) < 4.78 is 0. The fraction of sp³-hybridized carbons (Fsp3) is 0.750. The predicted octanol–water partition coefficient (Wildman–Crippen LogP) is 4.06. The molecule has 0 aliphatic heterocycles. The van der Waals surface area contributed by atoms with Gasteiger partial charge in [-0.05, 0) is 33.7 Å². The molecule has 0 spiro atoms. The van der Waals surface area contributed by atoms with E-state index in [0.717, 1.165) is 12.2 Å². The maximum absolute atomic E-state index is 5.78. The fourth-order valence-electron chi connectivity index (χ4n) is 1.88. The Balaban J connectivity index is 2.76. The van der Waals surface area contributed by atoms with Gasteiger partial charge in [-0.2, -0.15) is 0 Å². The van der Waals surface area contributed by atoms with Crippen molar-refractivity contribution in [3.8, 4) is 0 Å². The highest BCUT2D eigenvalue weighted by molar-refractivity contribution is 7.09. The summed E-state index contributed by atoms with van der Waals surface area (Å²) in [4.78, 5) is 7.04. The van der Waals surface area contributed by atoms with Crippen molar-refractivity contribution in [1.82, 2.24) is 9.88 Å². The number of aromatic nitrogens is 1. The Kier molecular flexibility index (Phi) is 5.73. The molecule has 1 aromatic rings. The maximum Gasteiger partial charge on any atom is 0.110 e. The quantitative estimate of drug-likeness (QED) is 0.717. The van der Waals surface area contributed by atoms with Crippen LogP contribution < -0.4 is 0 Å². The van der Waals surface area contributed by atoms with Gasteiger partial charge < -0.3 is 0 Å². The number of thiazole rings is 1. The van der Waals surface area contributed by atoms with Crippen molar-refractivity contribution in [2.45, 2.75) is 52.1 Å². The monoisotopic (exact) mass is 260 g/mol. The average molecular weight is 261 g/mol. The Morgan fingerprint density at radius 3 is 2.56 bits per heavy atom. The predicted molar refractivity (Wildman–Crippen MR) is 72.2 cm³/mol. The standard InChI is InChI=1S/C12H21ClN2S/c1-5-6-15(9(2)3)10(4)12-14-11(7-13)8-16-12/h8-10H,5-7H2,1-4H3. The lowest BCUT2D eigenvalue weighted by atomic mass is 10.2. The van der Waals surface area contributed by atoms with E-state index in [1.807, 2.05) is 0 Å². The Morgan fingerprint density at radius 2 is 2.12 bits per heavy atom. The molecule has 0 N–H and O–H groups in total. The lowest BCUT2D eigenvalue weighted by Gasteiger charge is -2.31. The van der Waals surface area contributed by atoms with E-state index in [1.165, 1.54) is 11.4 Å². The van der Waals surface area contributed by atoms with Gasteiger partial charge in [-0.15, -0.1) is 22.9 Å². The second-order valence-electron chi connectivity index (χ2n) is 4.32. The first kappa shape index (κ1) is 13.9. The van der Waals surface area contributed by atoms with Gasteiger partial charge in [-0.1, -0.05) is 6.92 Å². The van der Waals surface area contributed by atoms with Crippen LogP contribution in [0.4, 0.5) is 0 Å². The Morgan fingerprint density at radius 1 is 1.44 bits per heavy atom. The summed E-state index contributed by atoms with van der Waals surface area (Å²) >= 11 is 7.50. The number of hydrogen-bond acceptors (Lipinski definition) is 3. The molecular formula is C12H21ClN2S. The molecule has 2 nitrogen and oxygen atoms in total. The molecule has 1 atom stereocenters. The molecule has 1 aromatic heterocycles. The number of hydrogen-bond donors (Lipinski definition) is 0. The maximum atomic E-state index is 5.78. The zero-order valence-corrected chi connectivity index (χ0v) is 12.1. The second kappa shape index (κ2) is 6.58. The van der Waals surface area contributed by atoms with Crippen molar-refractivity contribution in [1.29, 1.82) is 0 Å². The molecule has 0 saturated heterocycles. The molecule has 1 unspecified atom stereocenters. The number of halogens is 1. The molecule has 0 aliphatic rings. The van der Waals surface area contributed by atoms with Gasteiger partial charge >= 0.3 is 0 Å². The normalized spacial score (nSPS) is 13.7. The van der Waals surface area contributed by atoms with Gasteiger partial charge in [0.2, 0.25) is 0 Å². The third kappa shape index (κ3) is 3.44. The van der Waals surface area contributed by atoms with Crippen molar-refractivity contribution in [2.75, 3.05) is 6.54 Å². The summed E-state index contributed by atoms with van der Waals surface area (Å²) in [5.41, 5.74) is 0.994. The van der Waals surface area contributed by atoms with E-state index in [1.54, 1.807) is 11.3 Å². The fourth-order valence-corrected chi connectivity index (χ4v) is 3.00. The van der Waals surface area contributed by atoms with Gasteiger partial charge in [0.15, 0.2) is 0 Å². The number of alkyl halides is 1. The summed E-state index contributed by atoms with van der Waals surface area (Å²) in [6, 6.07) is 0.945. The Hall–Kier alpha value is -0.120. The zero-order valence-electron chi connectivity index (χ0n) is 10.5. The molecule has 0 aliphatic carbocycles. The summed E-state index contributed by atoms with van der Waals surface area (Å²) in [5, 5.41) is 3.24. The molecule has 4 heteroatoms. The Bertz CT molecular complexity index is 312. The van der Waals surface area contributed by atoms with Crippen molar-refractivity contribution < 1.29 is 0 Å². The first-order valence-electron chi connectivity index (χ1n) is 5.86. The van der Waals surface area contributed by atoms with Crippen LogP contribution in [0.1, 0.15) is 50.9 Å². The molecule has 16 heavy (non-hydrogen) atoms. The van der Waals surface area contributed by atoms with Crippen LogP contribution in [0.5, 0.6) is 0 Å². The van der Waals surface area contributed by atoms with Gasteiger partial charge in [0.25, 0.3) is 0 Å². The molecule has 0 radical (unpaired) electrons. The van der Waals surface area contributed by atoms with Crippen molar-refractivity contribution >= 4 is 22.9 Å². The van der Waals surface area contributed by atoms with Crippen LogP contribution in [-0.4, -0.2) is 22.5 Å². The highest BCUT2D eigenvalue weighted by atomic mass is 35.5. The third-order valence-electron chi connectivity index (χ3n) is 2.71. The van der Waals surface area contributed by atoms with Crippen LogP contribution in [0.3, 0.4) is 0 Å². The van der Waals surface area contributed by atoms with Crippen LogP contribution in [0.25, 0.3) is 0 Å². The van der Waals surface area contributed by atoms with E-state index >= 15 is 0 Å². The highest BCUT2D eigenvalue weighted by Gasteiger charge is 2.20. The first-order valence-corrected chi connectivity index (χ1v) is 7.27. The largest absolute Gasteiger partial charge is 0.292 e. The number of rotatable bonds is 6. The molecule has 0 aromatic carbocycles. The van der Waals surface area contributed by atoms with E-state index < -0.39 is 0 Å². The zero-order chi connectivity index (χ0) is 12.1. The molecule has 0 saturated carbocycles. The summed E-state index contributed by atoms with van der Waals surface area (Å²) in [5.74, 6) is 0.513. The molecule has 92 valence electrons. The highest BCUT2D eigenvalue weighted by Crippen LogP contribution is 2.26. The van der Waals surface area contributed by atoms with Crippen LogP contribution in [0.2, 0.25) is 0 Å². The van der Waals surface area contributed by atoms with E-state index in [2.05, 4.69) is 43.0 Å². The van der Waals surface area contributed by atoms with Crippen LogP contribution in [0, 0.1) is 0 Å². The molecule has 0 fully saturated rings. The van der Waals surface area contributed by atoms with Gasteiger partial charge in [-0.25, -0.2) is 4.98 Å². The minimum atomic E-state index is 0.391. The molecule has 1 heterocycles. The molecular weight excluding hydrogens is 240 g/mol. The van der Waals surface area contributed by atoms with E-state index in [9.17, 15) is 0 Å². The van der Waals surface area contributed by atoms with E-state index in [-0.39, 0.29) is 0 Å². The molecule has 1 rings (SSSR count). The van der Waals surface area contributed by atoms with E-state index in [4.69, 9.17) is 11.6 Å². The summed E-state index contributed by atoms with van der Waals surface area (Å²) in [7, 11) is 0. The summed E-state index contributed by atoms with van der Waals surface area (Å²) in [6.07, 6.45) is 1.18. The first-order chi connectivity index (χ1) is 7.60. The summed E-state index contributed by atoms with van der Waals surface area (Å²) in [6.45, 7) is 10.0. The number of nitrogens with zero attached hydrogens (tertiary/aromatic N) is 2. The lowest BCUT2D eigenvalue weighted by Crippen LogP contribution is -2.34. The second-order valence-corrected chi connectivity index (χ2v) is 5.48. The van der Waals surface area contributed by atoms with Crippen molar-refractivity contribution in [2.24, 2.45) is 0 Å². The SMILES string of the molecule is CCCN(C(C)C)C(C)c1nc(CCl)cs1. The molecule has 0 amide bonds. The van der Waals surface area contributed by atoms with Gasteiger partial charge in [0, 0.05) is 11.4 Å². The van der Waals surface area contributed by atoms with E-state index in [0.29, 0.717) is 18.0 Å². The Labute approximate surface area is 108 Å². The lowest BCUT2D eigenvalue weighted by molar-refractivity contribution is 0.164. The van der Waals surface area contributed by atoms with Crippen molar-refractivity contribution in [3.05, 3.63) is 16.1 Å². The minimum absolute atomic E-state index is 0.391. The topological polar surface area (TPSA) is 16.1 Å². The van der Waals surface area contributed by atoms with Gasteiger partial charge in [0.1, 0.15) is 5.01 Å². The van der Waals surface area contributed by atoms with Crippen molar-refractivity contribution in [3.63, 3.8) is 0 Å². The minimum Gasteiger partial charge on any atom is -0.292 e.